The molecule has 4 nitrogen and oxygen atoms in total. The van der Waals surface area contributed by atoms with Crippen molar-refractivity contribution in [1.29, 1.82) is 0 Å². The van der Waals surface area contributed by atoms with Crippen molar-refractivity contribution >= 4 is 11.5 Å². The summed E-state index contributed by atoms with van der Waals surface area (Å²) in [6.07, 6.45) is 8.05. The number of hydrogen-bond donors (Lipinski definition) is 0. The zero-order valence-electron chi connectivity index (χ0n) is 16.4. The summed E-state index contributed by atoms with van der Waals surface area (Å²) in [4.78, 5) is 14.1. The monoisotopic (exact) mass is 377 g/mol. The number of carbonyl (C=O) groups is 1. The van der Waals surface area contributed by atoms with Crippen LogP contribution in [-0.4, -0.2) is 19.0 Å². The lowest BCUT2D eigenvalue weighted by Crippen LogP contribution is -2.21. The number of nitrogens with zero attached hydrogens (tertiary/aromatic N) is 1. The fourth-order valence-electron chi connectivity index (χ4n) is 4.03. The summed E-state index contributed by atoms with van der Waals surface area (Å²) in [5.41, 5.74) is 3.29. The highest BCUT2D eigenvalue weighted by atomic mass is 16.5. The van der Waals surface area contributed by atoms with Crippen molar-refractivity contribution in [2.75, 3.05) is 12.0 Å². The Labute approximate surface area is 166 Å². The minimum absolute atomic E-state index is 0.198. The molecule has 2 aliphatic carbocycles. The normalized spacial score (nSPS) is 16.9. The average molecular weight is 377 g/mol. The Kier molecular flexibility index (Phi) is 5.65. The van der Waals surface area contributed by atoms with Crippen LogP contribution in [0, 0.1) is 0 Å². The number of ether oxygens (including phenoxy) is 2. The molecule has 2 aliphatic rings. The first-order valence-corrected chi connectivity index (χ1v) is 10.1. The van der Waals surface area contributed by atoms with Gasteiger partial charge in [0.25, 0.3) is 0 Å². The Bertz CT molecular complexity index is 853. The molecule has 1 fully saturated rings. The first-order chi connectivity index (χ1) is 13.7. The highest BCUT2D eigenvalue weighted by Gasteiger charge is 2.23. The molecule has 4 heteroatoms. The van der Waals surface area contributed by atoms with Gasteiger partial charge in [-0.3, -0.25) is 4.79 Å². The highest BCUT2D eigenvalue weighted by molar-refractivity contribution is 5.93. The summed E-state index contributed by atoms with van der Waals surface area (Å²) in [5.74, 6) is 1.74. The van der Waals surface area contributed by atoms with Gasteiger partial charge in [-0.15, -0.1) is 0 Å². The lowest BCUT2D eigenvalue weighted by Gasteiger charge is -2.27. The van der Waals surface area contributed by atoms with Gasteiger partial charge < -0.3 is 14.4 Å². The maximum Gasteiger partial charge on any atom is 0.163 e. The standard InChI is InChI=1S/C24H27NO3/c1-27-23-14-12-20(16-24(23)28-22-9-5-6-10-22)25(19-11-13-21(26)15-19)17-18-7-3-2-4-8-18/h2-4,7-8,12,14-16,22H,5-6,9-11,13,17H2,1H3. The van der Waals surface area contributed by atoms with Gasteiger partial charge in [-0.1, -0.05) is 30.3 Å². The van der Waals surface area contributed by atoms with Gasteiger partial charge in [0, 0.05) is 36.5 Å². The molecule has 2 aromatic rings. The number of rotatable bonds is 7. The SMILES string of the molecule is COc1ccc(N(Cc2ccccc2)C2=CC(=O)CC2)cc1OC1CCCC1. The molecule has 0 N–H and O–H groups in total. The van der Waals surface area contributed by atoms with E-state index in [2.05, 4.69) is 23.1 Å². The van der Waals surface area contributed by atoms with Crippen molar-refractivity contribution in [3.63, 3.8) is 0 Å². The van der Waals surface area contributed by atoms with E-state index in [4.69, 9.17) is 9.47 Å². The Morgan fingerprint density at radius 2 is 1.79 bits per heavy atom. The molecule has 28 heavy (non-hydrogen) atoms. The Balaban J connectivity index is 1.66. The van der Waals surface area contributed by atoms with Gasteiger partial charge in [0.05, 0.1) is 13.2 Å². The smallest absolute Gasteiger partial charge is 0.163 e. The maximum atomic E-state index is 11.9. The van der Waals surface area contributed by atoms with Crippen molar-refractivity contribution in [1.82, 2.24) is 0 Å². The first-order valence-electron chi connectivity index (χ1n) is 10.1. The molecule has 0 amide bonds. The van der Waals surface area contributed by atoms with Crippen LogP contribution in [-0.2, 0) is 11.3 Å². The summed E-state index contributed by atoms with van der Waals surface area (Å²) in [6.45, 7) is 0.717. The lowest BCUT2D eigenvalue weighted by molar-refractivity contribution is -0.114. The number of methoxy groups -OCH3 is 1. The van der Waals surface area contributed by atoms with Crippen LogP contribution in [0.4, 0.5) is 5.69 Å². The summed E-state index contributed by atoms with van der Waals surface area (Å²) >= 11 is 0. The average Bonchev–Trinajstić information content (AvgIpc) is 3.39. The van der Waals surface area contributed by atoms with Crippen molar-refractivity contribution in [2.45, 2.75) is 51.2 Å². The Hall–Kier alpha value is -2.75. The van der Waals surface area contributed by atoms with E-state index in [-0.39, 0.29) is 11.9 Å². The molecule has 0 aliphatic heterocycles. The first kappa shape index (κ1) is 18.6. The van der Waals surface area contributed by atoms with Crippen LogP contribution < -0.4 is 14.4 Å². The molecule has 0 spiro atoms. The molecule has 0 radical (unpaired) electrons. The fraction of sp³-hybridized carbons (Fsp3) is 0.375. The maximum absolute atomic E-state index is 11.9. The minimum Gasteiger partial charge on any atom is -0.493 e. The van der Waals surface area contributed by atoms with Gasteiger partial charge in [-0.25, -0.2) is 0 Å². The number of carbonyl (C=O) groups excluding carboxylic acids is 1. The molecule has 0 bridgehead atoms. The number of ketones is 1. The van der Waals surface area contributed by atoms with Gasteiger partial charge >= 0.3 is 0 Å². The van der Waals surface area contributed by atoms with E-state index in [1.54, 1.807) is 13.2 Å². The molecule has 0 saturated heterocycles. The van der Waals surface area contributed by atoms with Crippen LogP contribution in [0.1, 0.15) is 44.1 Å². The summed E-state index contributed by atoms with van der Waals surface area (Å²) < 4.78 is 11.8. The third-order valence-corrected chi connectivity index (χ3v) is 5.54. The zero-order chi connectivity index (χ0) is 19.3. The lowest BCUT2D eigenvalue weighted by atomic mass is 10.1. The molecule has 2 aromatic carbocycles. The summed E-state index contributed by atoms with van der Waals surface area (Å²) in [7, 11) is 1.68. The van der Waals surface area contributed by atoms with Crippen LogP contribution in [0.15, 0.2) is 60.3 Å². The van der Waals surface area contributed by atoms with Crippen molar-refractivity contribution in [3.05, 3.63) is 65.9 Å². The van der Waals surface area contributed by atoms with Gasteiger partial charge in [-0.2, -0.15) is 0 Å². The zero-order valence-corrected chi connectivity index (χ0v) is 16.4. The number of hydrogen-bond acceptors (Lipinski definition) is 4. The minimum atomic E-state index is 0.198. The molecule has 146 valence electrons. The number of allylic oxidation sites excluding steroid dienone is 2. The van der Waals surface area contributed by atoms with E-state index in [9.17, 15) is 4.79 Å². The number of anilines is 1. The summed E-state index contributed by atoms with van der Waals surface area (Å²) in [5, 5.41) is 0. The second kappa shape index (κ2) is 8.51. The molecule has 4 rings (SSSR count). The van der Waals surface area contributed by atoms with Gasteiger partial charge in [-0.05, 0) is 49.8 Å². The molecule has 0 atom stereocenters. The largest absolute Gasteiger partial charge is 0.493 e. The third kappa shape index (κ3) is 4.22. The van der Waals surface area contributed by atoms with Crippen molar-refractivity contribution in [2.24, 2.45) is 0 Å². The van der Waals surface area contributed by atoms with E-state index < -0.39 is 0 Å². The quantitative estimate of drug-likeness (QED) is 0.659. The van der Waals surface area contributed by atoms with Crippen LogP contribution in [0.2, 0.25) is 0 Å². The molecule has 0 aromatic heterocycles. The predicted molar refractivity (Wildman–Crippen MR) is 111 cm³/mol. The second-order valence-electron chi connectivity index (χ2n) is 7.53. The predicted octanol–water partition coefficient (Wildman–Crippen LogP) is 5.27. The van der Waals surface area contributed by atoms with Crippen LogP contribution in [0.25, 0.3) is 0 Å². The van der Waals surface area contributed by atoms with E-state index in [0.717, 1.165) is 48.7 Å². The molecule has 1 saturated carbocycles. The van der Waals surface area contributed by atoms with Crippen LogP contribution in [0.5, 0.6) is 11.5 Å². The van der Waals surface area contributed by atoms with Crippen molar-refractivity contribution in [3.8, 4) is 11.5 Å². The van der Waals surface area contributed by atoms with Crippen LogP contribution in [0.3, 0.4) is 0 Å². The van der Waals surface area contributed by atoms with Crippen LogP contribution >= 0.6 is 0 Å². The van der Waals surface area contributed by atoms with E-state index in [0.29, 0.717) is 6.42 Å². The molecule has 0 unspecified atom stereocenters. The Morgan fingerprint density at radius 1 is 1.00 bits per heavy atom. The van der Waals surface area contributed by atoms with Gasteiger partial charge in [0.1, 0.15) is 0 Å². The van der Waals surface area contributed by atoms with E-state index >= 15 is 0 Å². The second-order valence-corrected chi connectivity index (χ2v) is 7.53. The van der Waals surface area contributed by atoms with Gasteiger partial charge in [0.2, 0.25) is 0 Å². The topological polar surface area (TPSA) is 38.8 Å². The highest BCUT2D eigenvalue weighted by Crippen LogP contribution is 2.37. The van der Waals surface area contributed by atoms with E-state index in [1.807, 2.05) is 30.3 Å². The van der Waals surface area contributed by atoms with E-state index in [1.165, 1.54) is 18.4 Å². The fourth-order valence-corrected chi connectivity index (χ4v) is 4.03. The van der Waals surface area contributed by atoms with Gasteiger partial charge in [0.15, 0.2) is 17.3 Å². The molecule has 0 heterocycles. The third-order valence-electron chi connectivity index (χ3n) is 5.54. The molecular weight excluding hydrogens is 350 g/mol. The molecular formula is C24H27NO3. The number of benzene rings is 2. The Morgan fingerprint density at radius 3 is 2.46 bits per heavy atom. The van der Waals surface area contributed by atoms with Crippen molar-refractivity contribution < 1.29 is 14.3 Å². The summed E-state index contributed by atoms with van der Waals surface area (Å²) in [6, 6.07) is 16.4.